The molecule has 0 spiro atoms. The summed E-state index contributed by atoms with van der Waals surface area (Å²) in [6.45, 7) is 2.63. The highest BCUT2D eigenvalue weighted by atomic mass is 79.9. The first kappa shape index (κ1) is 13.6. The van der Waals surface area contributed by atoms with E-state index in [0.29, 0.717) is 16.7 Å². The van der Waals surface area contributed by atoms with E-state index in [1.165, 1.54) is 5.56 Å². The second-order valence-electron chi connectivity index (χ2n) is 4.31. The van der Waals surface area contributed by atoms with Gasteiger partial charge in [0.25, 0.3) is 0 Å². The Morgan fingerprint density at radius 3 is 2.68 bits per heavy atom. The fourth-order valence-corrected chi connectivity index (χ4v) is 2.44. The molecular formula is C15H14BrNO2. The average molecular weight is 320 g/mol. The van der Waals surface area contributed by atoms with Gasteiger partial charge in [0.15, 0.2) is 0 Å². The lowest BCUT2D eigenvalue weighted by atomic mass is 10.1. The third kappa shape index (κ3) is 3.35. The van der Waals surface area contributed by atoms with E-state index in [1.54, 1.807) is 12.1 Å². The molecule has 3 nitrogen and oxygen atoms in total. The van der Waals surface area contributed by atoms with Gasteiger partial charge in [0.05, 0.1) is 11.3 Å². The molecule has 0 aliphatic carbocycles. The molecule has 0 radical (unpaired) electrons. The van der Waals surface area contributed by atoms with E-state index in [1.807, 2.05) is 31.2 Å². The molecule has 2 aromatic rings. The number of anilines is 1. The SMILES string of the molecule is Cc1cccc(CNc2cccc(Br)c2C(=O)O)c1. The van der Waals surface area contributed by atoms with Crippen LogP contribution in [0.2, 0.25) is 0 Å². The van der Waals surface area contributed by atoms with Crippen LogP contribution in [0.25, 0.3) is 0 Å². The van der Waals surface area contributed by atoms with E-state index < -0.39 is 5.97 Å². The number of aryl methyl sites for hydroxylation is 1. The van der Waals surface area contributed by atoms with Crippen LogP contribution in [0.3, 0.4) is 0 Å². The minimum absolute atomic E-state index is 0.259. The number of carboxylic acid groups (broad SMARTS) is 1. The van der Waals surface area contributed by atoms with Gasteiger partial charge in [0, 0.05) is 11.0 Å². The lowest BCUT2D eigenvalue weighted by Crippen LogP contribution is -2.07. The number of carboxylic acids is 1. The van der Waals surface area contributed by atoms with E-state index in [-0.39, 0.29) is 5.56 Å². The minimum atomic E-state index is -0.945. The molecule has 4 heteroatoms. The molecule has 0 aliphatic rings. The summed E-state index contributed by atoms with van der Waals surface area (Å²) in [7, 11) is 0. The zero-order chi connectivity index (χ0) is 13.8. The molecule has 2 aromatic carbocycles. The van der Waals surface area contributed by atoms with E-state index in [0.717, 1.165) is 5.56 Å². The van der Waals surface area contributed by atoms with Crippen LogP contribution in [0.5, 0.6) is 0 Å². The number of nitrogens with one attached hydrogen (secondary N) is 1. The summed E-state index contributed by atoms with van der Waals surface area (Å²) < 4.78 is 0.578. The van der Waals surface area contributed by atoms with Crippen LogP contribution in [-0.4, -0.2) is 11.1 Å². The molecule has 0 saturated heterocycles. The highest BCUT2D eigenvalue weighted by Crippen LogP contribution is 2.25. The smallest absolute Gasteiger partial charge is 0.338 e. The fourth-order valence-electron chi connectivity index (χ4n) is 1.91. The van der Waals surface area contributed by atoms with Crippen molar-refractivity contribution in [3.05, 3.63) is 63.6 Å². The van der Waals surface area contributed by atoms with Crippen molar-refractivity contribution in [2.75, 3.05) is 5.32 Å². The standard InChI is InChI=1S/C15H14BrNO2/c1-10-4-2-5-11(8-10)9-17-13-7-3-6-12(16)14(13)15(18)19/h2-8,17H,9H2,1H3,(H,18,19). The summed E-state index contributed by atoms with van der Waals surface area (Å²) >= 11 is 3.26. The molecule has 0 amide bonds. The molecule has 0 fully saturated rings. The van der Waals surface area contributed by atoms with Crippen molar-refractivity contribution >= 4 is 27.6 Å². The highest BCUT2D eigenvalue weighted by Gasteiger charge is 2.13. The Morgan fingerprint density at radius 1 is 1.26 bits per heavy atom. The Balaban J connectivity index is 2.20. The topological polar surface area (TPSA) is 49.3 Å². The van der Waals surface area contributed by atoms with Crippen molar-refractivity contribution in [3.63, 3.8) is 0 Å². The van der Waals surface area contributed by atoms with Gasteiger partial charge in [-0.25, -0.2) is 4.79 Å². The second-order valence-corrected chi connectivity index (χ2v) is 5.16. The fraction of sp³-hybridized carbons (Fsp3) is 0.133. The van der Waals surface area contributed by atoms with Crippen LogP contribution in [-0.2, 0) is 6.54 Å². The Kier molecular flexibility index (Phi) is 4.22. The summed E-state index contributed by atoms with van der Waals surface area (Å²) in [6.07, 6.45) is 0. The van der Waals surface area contributed by atoms with E-state index in [9.17, 15) is 9.90 Å². The van der Waals surface area contributed by atoms with Gasteiger partial charge < -0.3 is 10.4 Å². The zero-order valence-electron chi connectivity index (χ0n) is 10.5. The van der Waals surface area contributed by atoms with Gasteiger partial charge in [-0.2, -0.15) is 0 Å². The molecule has 0 atom stereocenters. The van der Waals surface area contributed by atoms with Crippen molar-refractivity contribution in [2.24, 2.45) is 0 Å². The van der Waals surface area contributed by atoms with Gasteiger partial charge in [-0.1, -0.05) is 35.9 Å². The summed E-state index contributed by atoms with van der Waals surface area (Å²) in [5.74, 6) is -0.945. The second kappa shape index (κ2) is 5.89. The Bertz CT molecular complexity index is 611. The van der Waals surface area contributed by atoms with Gasteiger partial charge in [-0.05, 0) is 40.5 Å². The summed E-state index contributed by atoms with van der Waals surface area (Å²) in [5.41, 5.74) is 3.18. The quantitative estimate of drug-likeness (QED) is 0.893. The lowest BCUT2D eigenvalue weighted by Gasteiger charge is -2.11. The van der Waals surface area contributed by atoms with E-state index >= 15 is 0 Å². The monoisotopic (exact) mass is 319 g/mol. The Hall–Kier alpha value is -1.81. The van der Waals surface area contributed by atoms with Gasteiger partial charge in [0.2, 0.25) is 0 Å². The molecule has 2 rings (SSSR count). The molecule has 0 aromatic heterocycles. The maximum atomic E-state index is 11.2. The largest absolute Gasteiger partial charge is 0.478 e. The first-order valence-electron chi connectivity index (χ1n) is 5.89. The van der Waals surface area contributed by atoms with Crippen molar-refractivity contribution in [2.45, 2.75) is 13.5 Å². The number of halogens is 1. The Morgan fingerprint density at radius 2 is 2.00 bits per heavy atom. The minimum Gasteiger partial charge on any atom is -0.478 e. The summed E-state index contributed by atoms with van der Waals surface area (Å²) in [6, 6.07) is 13.4. The number of aromatic carboxylic acids is 1. The molecule has 0 bridgehead atoms. The number of hydrogen-bond acceptors (Lipinski definition) is 2. The third-order valence-corrected chi connectivity index (χ3v) is 3.45. The molecule has 0 saturated carbocycles. The molecule has 2 N–H and O–H groups in total. The van der Waals surface area contributed by atoms with Crippen LogP contribution < -0.4 is 5.32 Å². The Labute approximate surface area is 120 Å². The van der Waals surface area contributed by atoms with Crippen LogP contribution in [0.1, 0.15) is 21.5 Å². The number of carbonyl (C=O) groups is 1. The summed E-state index contributed by atoms with van der Waals surface area (Å²) in [4.78, 5) is 11.2. The van der Waals surface area contributed by atoms with Crippen LogP contribution in [0, 0.1) is 6.92 Å². The van der Waals surface area contributed by atoms with Gasteiger partial charge in [0.1, 0.15) is 0 Å². The van der Waals surface area contributed by atoms with Crippen LogP contribution >= 0.6 is 15.9 Å². The molecule has 98 valence electrons. The number of hydrogen-bond donors (Lipinski definition) is 2. The number of benzene rings is 2. The normalized spacial score (nSPS) is 10.2. The first-order chi connectivity index (χ1) is 9.08. The predicted octanol–water partition coefficient (Wildman–Crippen LogP) is 4.07. The van der Waals surface area contributed by atoms with Crippen molar-refractivity contribution in [1.82, 2.24) is 0 Å². The average Bonchev–Trinajstić information content (AvgIpc) is 2.36. The summed E-state index contributed by atoms with van der Waals surface area (Å²) in [5, 5.41) is 12.4. The molecule has 0 aliphatic heterocycles. The van der Waals surface area contributed by atoms with Crippen molar-refractivity contribution in [3.8, 4) is 0 Å². The van der Waals surface area contributed by atoms with E-state index in [4.69, 9.17) is 0 Å². The third-order valence-electron chi connectivity index (χ3n) is 2.79. The first-order valence-corrected chi connectivity index (χ1v) is 6.68. The predicted molar refractivity (Wildman–Crippen MR) is 79.6 cm³/mol. The van der Waals surface area contributed by atoms with Crippen LogP contribution in [0.15, 0.2) is 46.9 Å². The lowest BCUT2D eigenvalue weighted by molar-refractivity contribution is 0.0697. The highest BCUT2D eigenvalue weighted by molar-refractivity contribution is 9.10. The molecule has 0 heterocycles. The van der Waals surface area contributed by atoms with Gasteiger partial charge >= 0.3 is 5.97 Å². The maximum Gasteiger partial charge on any atom is 0.338 e. The van der Waals surface area contributed by atoms with Crippen molar-refractivity contribution < 1.29 is 9.90 Å². The van der Waals surface area contributed by atoms with Crippen LogP contribution in [0.4, 0.5) is 5.69 Å². The molecular weight excluding hydrogens is 306 g/mol. The molecule has 19 heavy (non-hydrogen) atoms. The van der Waals surface area contributed by atoms with Crippen molar-refractivity contribution in [1.29, 1.82) is 0 Å². The number of rotatable bonds is 4. The van der Waals surface area contributed by atoms with Gasteiger partial charge in [-0.15, -0.1) is 0 Å². The molecule has 0 unspecified atom stereocenters. The zero-order valence-corrected chi connectivity index (χ0v) is 12.1. The van der Waals surface area contributed by atoms with Gasteiger partial charge in [-0.3, -0.25) is 0 Å². The van der Waals surface area contributed by atoms with E-state index in [2.05, 4.69) is 27.3 Å². The maximum absolute atomic E-state index is 11.2.